The van der Waals surface area contributed by atoms with Gasteiger partial charge in [-0.1, -0.05) is 71.5 Å². The minimum atomic E-state index is -0.181. The standard InChI is InChI=1S/C26H21ClN2O3S/c27-21-9-4-10-22-23(21)28-26(33-22)29(16-20-8-5-15-32-20)25(31)19-13-11-18(12-14-19)24(30)17-6-2-1-3-7-17/h1-4,6-7,9-14,20H,5,8,15-16H2. The van der Waals surface area contributed by atoms with Gasteiger partial charge in [-0.05, 0) is 37.1 Å². The SMILES string of the molecule is O=C(c1ccccc1)c1ccc(C(=O)N(CC2CCCO2)c2nc3c(Cl)cccc3s2)cc1. The van der Waals surface area contributed by atoms with Gasteiger partial charge in [0.25, 0.3) is 5.91 Å². The molecule has 1 unspecified atom stereocenters. The van der Waals surface area contributed by atoms with Gasteiger partial charge in [0.1, 0.15) is 5.52 Å². The number of ether oxygens (including phenoxy) is 1. The van der Waals surface area contributed by atoms with Crippen LogP contribution in [0.3, 0.4) is 0 Å². The Bertz CT molecular complexity index is 1300. The van der Waals surface area contributed by atoms with Gasteiger partial charge in [0.05, 0.1) is 22.4 Å². The van der Waals surface area contributed by atoms with E-state index >= 15 is 0 Å². The van der Waals surface area contributed by atoms with Crippen LogP contribution < -0.4 is 4.90 Å². The lowest BCUT2D eigenvalue weighted by atomic mass is 10.0. The highest BCUT2D eigenvalue weighted by Gasteiger charge is 2.27. The lowest BCUT2D eigenvalue weighted by molar-refractivity contribution is 0.0917. The highest BCUT2D eigenvalue weighted by Crippen LogP contribution is 2.34. The zero-order valence-electron chi connectivity index (χ0n) is 17.7. The number of thiazole rings is 1. The Kier molecular flexibility index (Phi) is 6.22. The maximum Gasteiger partial charge on any atom is 0.260 e. The molecule has 166 valence electrons. The molecule has 33 heavy (non-hydrogen) atoms. The molecule has 1 aliphatic rings. The summed E-state index contributed by atoms with van der Waals surface area (Å²) in [5.41, 5.74) is 2.33. The van der Waals surface area contributed by atoms with E-state index in [1.807, 2.05) is 30.3 Å². The molecule has 5 rings (SSSR count). The van der Waals surface area contributed by atoms with Crippen LogP contribution in [0, 0.1) is 0 Å². The lowest BCUT2D eigenvalue weighted by Crippen LogP contribution is -2.37. The third-order valence-corrected chi connectivity index (χ3v) is 7.02. The fraction of sp³-hybridized carbons (Fsp3) is 0.192. The van der Waals surface area contributed by atoms with Gasteiger partial charge in [-0.2, -0.15) is 0 Å². The van der Waals surface area contributed by atoms with Crippen LogP contribution in [-0.4, -0.2) is 35.9 Å². The second kappa shape index (κ2) is 9.43. The van der Waals surface area contributed by atoms with Gasteiger partial charge in [-0.15, -0.1) is 0 Å². The van der Waals surface area contributed by atoms with Crippen molar-refractivity contribution in [1.82, 2.24) is 4.98 Å². The number of amides is 1. The molecule has 5 nitrogen and oxygen atoms in total. The molecule has 0 spiro atoms. The van der Waals surface area contributed by atoms with Crippen molar-refractivity contribution in [3.05, 3.63) is 94.5 Å². The normalized spacial score (nSPS) is 15.6. The van der Waals surface area contributed by atoms with Gasteiger partial charge in [0.2, 0.25) is 0 Å². The van der Waals surface area contributed by atoms with Crippen LogP contribution in [0.4, 0.5) is 5.13 Å². The topological polar surface area (TPSA) is 59.5 Å². The molecule has 0 radical (unpaired) electrons. The lowest BCUT2D eigenvalue weighted by Gasteiger charge is -2.23. The summed E-state index contributed by atoms with van der Waals surface area (Å²) in [5, 5.41) is 1.14. The van der Waals surface area contributed by atoms with Gasteiger partial charge >= 0.3 is 0 Å². The monoisotopic (exact) mass is 476 g/mol. The molecular formula is C26H21ClN2O3S. The summed E-state index contributed by atoms with van der Waals surface area (Å²) >= 11 is 7.75. The van der Waals surface area contributed by atoms with Gasteiger partial charge in [0, 0.05) is 23.3 Å². The second-order valence-corrected chi connectivity index (χ2v) is 9.32. The third kappa shape index (κ3) is 4.55. The molecule has 0 saturated carbocycles. The molecule has 1 atom stereocenters. The Hall–Kier alpha value is -3.06. The van der Waals surface area contributed by atoms with Crippen molar-refractivity contribution in [3.63, 3.8) is 0 Å². The van der Waals surface area contributed by atoms with Crippen LogP contribution >= 0.6 is 22.9 Å². The number of fused-ring (bicyclic) bond motifs is 1. The first kappa shape index (κ1) is 21.8. The molecule has 0 aliphatic carbocycles. The number of halogens is 1. The molecule has 1 aromatic heterocycles. The van der Waals surface area contributed by atoms with Crippen molar-refractivity contribution in [1.29, 1.82) is 0 Å². The summed E-state index contributed by atoms with van der Waals surface area (Å²) in [6.07, 6.45) is 1.85. The first-order valence-corrected chi connectivity index (χ1v) is 12.0. The predicted octanol–water partition coefficient (Wildman–Crippen LogP) is 6.01. The van der Waals surface area contributed by atoms with Crippen molar-refractivity contribution in [2.45, 2.75) is 18.9 Å². The van der Waals surface area contributed by atoms with Crippen LogP contribution in [-0.2, 0) is 4.74 Å². The van der Waals surface area contributed by atoms with Crippen molar-refractivity contribution >= 4 is 50.0 Å². The maximum atomic E-state index is 13.6. The quantitative estimate of drug-likeness (QED) is 0.320. The molecule has 7 heteroatoms. The Balaban J connectivity index is 1.45. The van der Waals surface area contributed by atoms with Crippen molar-refractivity contribution in [2.24, 2.45) is 0 Å². The van der Waals surface area contributed by atoms with E-state index in [9.17, 15) is 9.59 Å². The summed E-state index contributed by atoms with van der Waals surface area (Å²) in [6.45, 7) is 1.12. The molecule has 0 N–H and O–H groups in total. The number of benzene rings is 3. The summed E-state index contributed by atoms with van der Waals surface area (Å²) in [5.74, 6) is -0.258. The van der Waals surface area contributed by atoms with Crippen LogP contribution in [0.15, 0.2) is 72.8 Å². The fourth-order valence-corrected chi connectivity index (χ4v) is 5.21. The van der Waals surface area contributed by atoms with E-state index in [0.717, 1.165) is 17.5 Å². The summed E-state index contributed by atoms with van der Waals surface area (Å²) in [6, 6.07) is 21.5. The van der Waals surface area contributed by atoms with E-state index in [1.165, 1.54) is 11.3 Å². The Morgan fingerprint density at radius 2 is 1.70 bits per heavy atom. The first-order chi connectivity index (χ1) is 16.1. The van der Waals surface area contributed by atoms with Crippen molar-refractivity contribution in [3.8, 4) is 0 Å². The second-order valence-electron chi connectivity index (χ2n) is 7.91. The molecule has 4 aromatic rings. The molecule has 2 heterocycles. The number of para-hydroxylation sites is 1. The molecule has 1 fully saturated rings. The van der Waals surface area contributed by atoms with Crippen molar-refractivity contribution < 1.29 is 14.3 Å². The van der Waals surface area contributed by atoms with E-state index in [1.54, 1.807) is 47.4 Å². The molecule has 1 saturated heterocycles. The highest BCUT2D eigenvalue weighted by atomic mass is 35.5. The first-order valence-electron chi connectivity index (χ1n) is 10.8. The number of hydrogen-bond acceptors (Lipinski definition) is 5. The fourth-order valence-electron chi connectivity index (χ4n) is 3.93. The minimum Gasteiger partial charge on any atom is -0.376 e. The van der Waals surface area contributed by atoms with Crippen LogP contribution in [0.2, 0.25) is 5.02 Å². The van der Waals surface area contributed by atoms with Crippen molar-refractivity contribution in [2.75, 3.05) is 18.1 Å². The maximum absolute atomic E-state index is 13.6. The molecule has 0 bridgehead atoms. The molecule has 1 aliphatic heterocycles. The van der Waals surface area contributed by atoms with Crippen LogP contribution in [0.25, 0.3) is 10.2 Å². The molecule has 3 aromatic carbocycles. The number of anilines is 1. The van der Waals surface area contributed by atoms with Crippen LogP contribution in [0.1, 0.15) is 39.1 Å². The number of nitrogens with zero attached hydrogens (tertiary/aromatic N) is 2. The third-order valence-electron chi connectivity index (χ3n) is 5.67. The molecular weight excluding hydrogens is 456 g/mol. The number of carbonyl (C=O) groups is 2. The number of rotatable bonds is 6. The number of ketones is 1. The van der Waals surface area contributed by atoms with Gasteiger partial charge in [-0.3, -0.25) is 14.5 Å². The van der Waals surface area contributed by atoms with E-state index in [0.29, 0.717) is 45.5 Å². The highest BCUT2D eigenvalue weighted by molar-refractivity contribution is 7.22. The number of carbonyl (C=O) groups excluding carboxylic acids is 2. The van der Waals surface area contributed by atoms with Gasteiger partial charge < -0.3 is 4.74 Å². The van der Waals surface area contributed by atoms with E-state index in [-0.39, 0.29) is 17.8 Å². The average Bonchev–Trinajstić information content (AvgIpc) is 3.53. The van der Waals surface area contributed by atoms with Crippen LogP contribution in [0.5, 0.6) is 0 Å². The summed E-state index contributed by atoms with van der Waals surface area (Å²) < 4.78 is 6.72. The Morgan fingerprint density at radius 1 is 0.970 bits per heavy atom. The van der Waals surface area contributed by atoms with E-state index in [2.05, 4.69) is 4.98 Å². The van der Waals surface area contributed by atoms with E-state index in [4.69, 9.17) is 16.3 Å². The zero-order chi connectivity index (χ0) is 22.8. The van der Waals surface area contributed by atoms with Gasteiger partial charge in [-0.25, -0.2) is 4.98 Å². The Labute approximate surface area is 200 Å². The average molecular weight is 477 g/mol. The number of hydrogen-bond donors (Lipinski definition) is 0. The number of aromatic nitrogens is 1. The summed E-state index contributed by atoms with van der Waals surface area (Å²) in [7, 11) is 0. The summed E-state index contributed by atoms with van der Waals surface area (Å²) in [4.78, 5) is 32.6. The predicted molar refractivity (Wildman–Crippen MR) is 132 cm³/mol. The van der Waals surface area contributed by atoms with Gasteiger partial charge in [0.15, 0.2) is 10.9 Å². The van der Waals surface area contributed by atoms with E-state index < -0.39 is 0 Å². The minimum absolute atomic E-state index is 0.0321. The molecule has 1 amide bonds. The largest absolute Gasteiger partial charge is 0.376 e. The Morgan fingerprint density at radius 3 is 2.39 bits per heavy atom. The zero-order valence-corrected chi connectivity index (χ0v) is 19.3. The smallest absolute Gasteiger partial charge is 0.260 e.